The maximum atomic E-state index is 12.4. The summed E-state index contributed by atoms with van der Waals surface area (Å²) < 4.78 is 32.4. The van der Waals surface area contributed by atoms with Gasteiger partial charge in [-0.15, -0.1) is 0 Å². The van der Waals surface area contributed by atoms with Crippen LogP contribution in [0.5, 0.6) is 0 Å². The highest BCUT2D eigenvalue weighted by atomic mass is 32.2. The molecule has 0 aliphatic heterocycles. The molecular formula is C16H22N2O3S. The van der Waals surface area contributed by atoms with E-state index in [4.69, 9.17) is 4.52 Å². The van der Waals surface area contributed by atoms with Crippen LogP contribution < -0.4 is 4.72 Å². The van der Waals surface area contributed by atoms with Gasteiger partial charge >= 0.3 is 0 Å². The van der Waals surface area contributed by atoms with Crippen molar-refractivity contribution in [3.63, 3.8) is 0 Å². The quantitative estimate of drug-likeness (QED) is 0.917. The molecule has 0 amide bonds. The fourth-order valence-electron chi connectivity index (χ4n) is 2.35. The number of hydrogen-bond donors (Lipinski definition) is 1. The Labute approximate surface area is 131 Å². The first kappa shape index (κ1) is 16.7. The molecule has 120 valence electrons. The molecule has 0 unspecified atom stereocenters. The van der Waals surface area contributed by atoms with Crippen LogP contribution in [-0.2, 0) is 15.8 Å². The van der Waals surface area contributed by atoms with E-state index in [1.54, 1.807) is 6.07 Å². The van der Waals surface area contributed by atoms with Gasteiger partial charge < -0.3 is 4.52 Å². The summed E-state index contributed by atoms with van der Waals surface area (Å²) in [7, 11) is -3.52. The van der Waals surface area contributed by atoms with Crippen LogP contribution in [0.1, 0.15) is 43.6 Å². The summed E-state index contributed by atoms with van der Waals surface area (Å²) in [6.07, 6.45) is 1.37. The topological polar surface area (TPSA) is 72.2 Å². The van der Waals surface area contributed by atoms with Crippen LogP contribution >= 0.6 is 0 Å². The molecule has 0 bridgehead atoms. The number of hydrogen-bond acceptors (Lipinski definition) is 4. The summed E-state index contributed by atoms with van der Waals surface area (Å²) in [5, 5.41) is 3.67. The van der Waals surface area contributed by atoms with Crippen molar-refractivity contribution in [1.82, 2.24) is 9.88 Å². The van der Waals surface area contributed by atoms with Gasteiger partial charge in [0.05, 0.1) is 11.7 Å². The zero-order valence-electron chi connectivity index (χ0n) is 13.3. The summed E-state index contributed by atoms with van der Waals surface area (Å²) in [5.74, 6) is -0.192. The van der Waals surface area contributed by atoms with E-state index in [9.17, 15) is 8.42 Å². The summed E-state index contributed by atoms with van der Waals surface area (Å²) in [5.41, 5.74) is 2.18. The van der Waals surface area contributed by atoms with E-state index in [2.05, 4.69) is 9.88 Å². The number of aromatic nitrogens is 1. The average molecular weight is 322 g/mol. The number of sulfonamides is 1. The van der Waals surface area contributed by atoms with E-state index in [1.165, 1.54) is 6.26 Å². The molecule has 1 N–H and O–H groups in total. The lowest BCUT2D eigenvalue weighted by molar-refractivity contribution is 0.303. The minimum Gasteiger partial charge on any atom is -0.364 e. The van der Waals surface area contributed by atoms with Crippen molar-refractivity contribution in [2.45, 2.75) is 39.5 Å². The Kier molecular flexibility index (Phi) is 4.72. The molecule has 0 radical (unpaired) electrons. The molecule has 2 rings (SSSR count). The van der Waals surface area contributed by atoms with Gasteiger partial charge in [-0.3, -0.25) is 0 Å². The second kappa shape index (κ2) is 6.22. The average Bonchev–Trinajstić information content (AvgIpc) is 2.88. The Morgan fingerprint density at radius 2 is 1.91 bits per heavy atom. The largest absolute Gasteiger partial charge is 0.364 e. The fraction of sp³-hybridized carbons (Fsp3) is 0.438. The van der Waals surface area contributed by atoms with Crippen molar-refractivity contribution in [3.8, 4) is 0 Å². The maximum Gasteiger partial charge on any atom is 0.218 e. The van der Waals surface area contributed by atoms with E-state index in [-0.39, 0.29) is 17.2 Å². The van der Waals surface area contributed by atoms with Crippen molar-refractivity contribution >= 4 is 10.0 Å². The van der Waals surface area contributed by atoms with Gasteiger partial charge in [-0.2, -0.15) is 0 Å². The molecule has 0 spiro atoms. The lowest BCUT2D eigenvalue weighted by Gasteiger charge is -2.32. The SMILES string of the molecule is Cc1ccccc1[C@H](NS(=O)(=O)Cc1ccon1)C(C)(C)C. The van der Waals surface area contributed by atoms with Crippen molar-refractivity contribution in [3.05, 3.63) is 53.4 Å². The molecule has 0 fully saturated rings. The normalized spacial score (nSPS) is 14.0. The zero-order chi connectivity index (χ0) is 16.4. The highest BCUT2D eigenvalue weighted by Gasteiger charge is 2.31. The Morgan fingerprint density at radius 1 is 1.23 bits per heavy atom. The lowest BCUT2D eigenvalue weighted by Crippen LogP contribution is -2.37. The Morgan fingerprint density at radius 3 is 2.45 bits per heavy atom. The number of benzene rings is 1. The maximum absolute atomic E-state index is 12.4. The van der Waals surface area contributed by atoms with Crippen LogP contribution in [-0.4, -0.2) is 13.6 Å². The first-order valence-electron chi connectivity index (χ1n) is 7.14. The first-order chi connectivity index (χ1) is 10.2. The van der Waals surface area contributed by atoms with Crippen molar-refractivity contribution in [2.75, 3.05) is 0 Å². The summed E-state index contributed by atoms with van der Waals surface area (Å²) >= 11 is 0. The molecule has 22 heavy (non-hydrogen) atoms. The van der Waals surface area contributed by atoms with E-state index in [1.807, 2.05) is 52.0 Å². The van der Waals surface area contributed by atoms with E-state index in [0.29, 0.717) is 5.69 Å². The van der Waals surface area contributed by atoms with Crippen LogP contribution in [0.3, 0.4) is 0 Å². The lowest BCUT2D eigenvalue weighted by atomic mass is 9.81. The molecule has 6 heteroatoms. The molecule has 1 heterocycles. The van der Waals surface area contributed by atoms with Gasteiger partial charge in [-0.05, 0) is 23.5 Å². The number of nitrogens with zero attached hydrogens (tertiary/aromatic N) is 1. The Bertz CT molecular complexity index is 716. The molecule has 1 aromatic carbocycles. The number of rotatable bonds is 5. The number of aryl methyl sites for hydroxylation is 1. The van der Waals surface area contributed by atoms with Crippen molar-refractivity contribution < 1.29 is 12.9 Å². The van der Waals surface area contributed by atoms with Crippen LogP contribution in [0.25, 0.3) is 0 Å². The predicted octanol–water partition coefficient (Wildman–Crippen LogP) is 3.19. The minimum absolute atomic E-state index is 0.192. The van der Waals surface area contributed by atoms with Gasteiger partial charge in [-0.1, -0.05) is 50.2 Å². The molecule has 0 aliphatic carbocycles. The van der Waals surface area contributed by atoms with Gasteiger partial charge in [0.25, 0.3) is 0 Å². The zero-order valence-corrected chi connectivity index (χ0v) is 14.1. The van der Waals surface area contributed by atoms with E-state index >= 15 is 0 Å². The summed E-state index contributed by atoms with van der Waals surface area (Å²) in [6, 6.07) is 9.06. The standard InChI is InChI=1S/C16H22N2O3S/c1-12-7-5-6-8-14(12)15(16(2,3)4)18-22(19,20)11-13-9-10-21-17-13/h5-10,15,18H,11H2,1-4H3/t15-/m0/s1. The summed E-state index contributed by atoms with van der Waals surface area (Å²) in [6.45, 7) is 8.04. The molecule has 5 nitrogen and oxygen atoms in total. The van der Waals surface area contributed by atoms with Gasteiger partial charge in [0.15, 0.2) is 0 Å². The third-order valence-corrected chi connectivity index (χ3v) is 4.76. The number of nitrogens with one attached hydrogen (secondary N) is 1. The van der Waals surface area contributed by atoms with Crippen LogP contribution in [0.2, 0.25) is 0 Å². The molecular weight excluding hydrogens is 300 g/mol. The fourth-order valence-corrected chi connectivity index (χ4v) is 3.81. The molecule has 1 aromatic heterocycles. The third-order valence-electron chi connectivity index (χ3n) is 3.49. The second-order valence-corrected chi connectivity index (χ2v) is 8.28. The van der Waals surface area contributed by atoms with Crippen molar-refractivity contribution in [2.24, 2.45) is 5.41 Å². The monoisotopic (exact) mass is 322 g/mol. The predicted molar refractivity (Wildman–Crippen MR) is 85.6 cm³/mol. The second-order valence-electron chi connectivity index (χ2n) is 6.52. The van der Waals surface area contributed by atoms with Crippen molar-refractivity contribution in [1.29, 1.82) is 0 Å². The minimum atomic E-state index is -3.52. The van der Waals surface area contributed by atoms with Gasteiger partial charge in [0, 0.05) is 6.07 Å². The molecule has 2 aromatic rings. The van der Waals surface area contributed by atoms with Crippen LogP contribution in [0.15, 0.2) is 41.1 Å². The highest BCUT2D eigenvalue weighted by molar-refractivity contribution is 7.88. The smallest absolute Gasteiger partial charge is 0.218 e. The molecule has 0 aliphatic rings. The van der Waals surface area contributed by atoms with Gasteiger partial charge in [0.2, 0.25) is 10.0 Å². The molecule has 0 saturated carbocycles. The third kappa shape index (κ3) is 4.18. The first-order valence-corrected chi connectivity index (χ1v) is 8.79. The van der Waals surface area contributed by atoms with Gasteiger partial charge in [0.1, 0.15) is 12.0 Å². The summed E-state index contributed by atoms with van der Waals surface area (Å²) in [4.78, 5) is 0. The van der Waals surface area contributed by atoms with E-state index < -0.39 is 10.0 Å². The Hall–Kier alpha value is -1.66. The van der Waals surface area contributed by atoms with Crippen LogP contribution in [0, 0.1) is 12.3 Å². The highest BCUT2D eigenvalue weighted by Crippen LogP contribution is 2.35. The van der Waals surface area contributed by atoms with Crippen LogP contribution in [0.4, 0.5) is 0 Å². The van der Waals surface area contributed by atoms with Gasteiger partial charge in [-0.25, -0.2) is 13.1 Å². The van der Waals surface area contributed by atoms with E-state index in [0.717, 1.165) is 11.1 Å². The Balaban J connectivity index is 2.30. The molecule has 1 atom stereocenters. The molecule has 0 saturated heterocycles.